The molecule has 0 radical (unpaired) electrons. The SMILES string of the molecule is CCCCCC(=O)/C(C(=O)OCC)=C(\O)c1cccnc1NC(C)=O. The van der Waals surface area contributed by atoms with E-state index >= 15 is 0 Å². The third-order valence-electron chi connectivity index (χ3n) is 3.36. The normalized spacial score (nSPS) is 11.5. The number of ether oxygens (including phenoxy) is 1. The van der Waals surface area contributed by atoms with Crippen LogP contribution in [0, 0.1) is 0 Å². The molecule has 0 spiro atoms. The van der Waals surface area contributed by atoms with Crippen LogP contribution in [-0.4, -0.2) is 34.4 Å². The van der Waals surface area contributed by atoms with E-state index in [0.29, 0.717) is 6.42 Å². The van der Waals surface area contributed by atoms with Gasteiger partial charge in [0, 0.05) is 19.5 Å². The zero-order valence-electron chi connectivity index (χ0n) is 14.8. The summed E-state index contributed by atoms with van der Waals surface area (Å²) in [5.74, 6) is -2.26. The Hall–Kier alpha value is -2.70. The number of nitrogens with zero attached hydrogens (tertiary/aromatic N) is 1. The maximum atomic E-state index is 12.5. The van der Waals surface area contributed by atoms with Crippen molar-refractivity contribution in [3.63, 3.8) is 0 Å². The van der Waals surface area contributed by atoms with Crippen molar-refractivity contribution in [2.45, 2.75) is 46.5 Å². The Morgan fingerprint density at radius 2 is 1.96 bits per heavy atom. The van der Waals surface area contributed by atoms with Gasteiger partial charge in [-0.1, -0.05) is 19.8 Å². The summed E-state index contributed by atoms with van der Waals surface area (Å²) in [6.07, 6.45) is 3.92. The van der Waals surface area contributed by atoms with E-state index in [4.69, 9.17) is 4.74 Å². The number of amides is 1. The Bertz CT molecular complexity index is 667. The van der Waals surface area contributed by atoms with Crippen molar-refractivity contribution in [3.05, 3.63) is 29.5 Å². The van der Waals surface area contributed by atoms with Gasteiger partial charge in [0.05, 0.1) is 12.2 Å². The Balaban J connectivity index is 3.32. The molecule has 0 aromatic carbocycles. The van der Waals surface area contributed by atoms with Gasteiger partial charge in [0.15, 0.2) is 5.78 Å². The lowest BCUT2D eigenvalue weighted by atomic mass is 10.0. The van der Waals surface area contributed by atoms with Crippen LogP contribution in [0.4, 0.5) is 5.82 Å². The second-order valence-corrected chi connectivity index (χ2v) is 5.41. The highest BCUT2D eigenvalue weighted by Crippen LogP contribution is 2.25. The van der Waals surface area contributed by atoms with E-state index in [2.05, 4.69) is 10.3 Å². The summed E-state index contributed by atoms with van der Waals surface area (Å²) >= 11 is 0. The number of aliphatic hydroxyl groups is 1. The minimum atomic E-state index is -0.890. The minimum Gasteiger partial charge on any atom is -0.506 e. The number of aromatic nitrogens is 1. The van der Waals surface area contributed by atoms with Crippen molar-refractivity contribution in [1.29, 1.82) is 0 Å². The van der Waals surface area contributed by atoms with Crippen LogP contribution >= 0.6 is 0 Å². The van der Waals surface area contributed by atoms with E-state index in [9.17, 15) is 19.5 Å². The topological polar surface area (TPSA) is 106 Å². The molecule has 2 N–H and O–H groups in total. The molecular formula is C18H24N2O5. The molecule has 0 aliphatic rings. The van der Waals surface area contributed by atoms with Crippen LogP contribution in [0.15, 0.2) is 23.9 Å². The van der Waals surface area contributed by atoms with Crippen LogP contribution in [-0.2, 0) is 19.1 Å². The summed E-state index contributed by atoms with van der Waals surface area (Å²) in [4.78, 5) is 39.9. The fourth-order valence-electron chi connectivity index (χ4n) is 2.20. The van der Waals surface area contributed by atoms with Gasteiger partial charge in [0.2, 0.25) is 5.91 Å². The van der Waals surface area contributed by atoms with Crippen LogP contribution in [0.3, 0.4) is 0 Å². The van der Waals surface area contributed by atoms with Crippen molar-refractivity contribution in [1.82, 2.24) is 4.98 Å². The van der Waals surface area contributed by atoms with Crippen molar-refractivity contribution in [2.24, 2.45) is 0 Å². The lowest BCUT2D eigenvalue weighted by Crippen LogP contribution is -2.19. The molecule has 1 rings (SSSR count). The molecule has 0 atom stereocenters. The summed E-state index contributed by atoms with van der Waals surface area (Å²) in [6, 6.07) is 2.99. The van der Waals surface area contributed by atoms with E-state index in [1.54, 1.807) is 6.92 Å². The number of ketones is 1. The number of carbonyl (C=O) groups excluding carboxylic acids is 3. The molecular weight excluding hydrogens is 324 g/mol. The van der Waals surface area contributed by atoms with Crippen LogP contribution in [0.25, 0.3) is 5.76 Å². The van der Waals surface area contributed by atoms with E-state index in [1.165, 1.54) is 25.3 Å². The maximum Gasteiger partial charge on any atom is 0.345 e. The number of Topliss-reactive ketones (excluding diaryl/α,β-unsaturated/α-hetero) is 1. The van der Waals surface area contributed by atoms with E-state index in [1.807, 2.05) is 6.92 Å². The zero-order chi connectivity index (χ0) is 18.8. The number of hydrogen-bond donors (Lipinski definition) is 2. The highest BCUT2D eigenvalue weighted by Gasteiger charge is 2.26. The van der Waals surface area contributed by atoms with Crippen molar-refractivity contribution in [2.75, 3.05) is 11.9 Å². The Morgan fingerprint density at radius 1 is 1.24 bits per heavy atom. The number of carbonyl (C=O) groups is 3. The molecule has 1 aromatic rings. The van der Waals surface area contributed by atoms with Gasteiger partial charge in [-0.15, -0.1) is 0 Å². The summed E-state index contributed by atoms with van der Waals surface area (Å²) in [6.45, 7) is 4.98. The first kappa shape index (κ1) is 20.3. The number of rotatable bonds is 9. The molecule has 1 amide bonds. The number of hydrogen-bond acceptors (Lipinski definition) is 6. The number of pyridine rings is 1. The molecule has 0 saturated carbocycles. The molecule has 25 heavy (non-hydrogen) atoms. The van der Waals surface area contributed by atoms with E-state index in [0.717, 1.165) is 12.8 Å². The molecule has 0 bridgehead atoms. The molecule has 0 fully saturated rings. The molecule has 0 aliphatic heterocycles. The third-order valence-corrected chi connectivity index (χ3v) is 3.36. The highest BCUT2D eigenvalue weighted by molar-refractivity contribution is 6.22. The fourth-order valence-corrected chi connectivity index (χ4v) is 2.20. The van der Waals surface area contributed by atoms with Crippen molar-refractivity contribution < 1.29 is 24.2 Å². The van der Waals surface area contributed by atoms with Crippen LogP contribution in [0.5, 0.6) is 0 Å². The van der Waals surface area contributed by atoms with Gasteiger partial charge in [-0.25, -0.2) is 9.78 Å². The second-order valence-electron chi connectivity index (χ2n) is 5.41. The molecule has 0 unspecified atom stereocenters. The lowest BCUT2D eigenvalue weighted by molar-refractivity contribution is -0.140. The highest BCUT2D eigenvalue weighted by atomic mass is 16.5. The summed E-state index contributed by atoms with van der Waals surface area (Å²) < 4.78 is 4.91. The van der Waals surface area contributed by atoms with Crippen LogP contribution < -0.4 is 5.32 Å². The molecule has 136 valence electrons. The molecule has 7 nitrogen and oxygen atoms in total. The average molecular weight is 348 g/mol. The van der Waals surface area contributed by atoms with Crippen LogP contribution in [0.1, 0.15) is 52.0 Å². The van der Waals surface area contributed by atoms with Gasteiger partial charge >= 0.3 is 5.97 Å². The van der Waals surface area contributed by atoms with Gasteiger partial charge < -0.3 is 15.2 Å². The summed E-state index contributed by atoms with van der Waals surface area (Å²) in [5.41, 5.74) is -0.331. The van der Waals surface area contributed by atoms with Gasteiger partial charge in [-0.3, -0.25) is 9.59 Å². The predicted molar refractivity (Wildman–Crippen MR) is 93.9 cm³/mol. The second kappa shape index (κ2) is 10.2. The van der Waals surface area contributed by atoms with Gasteiger partial charge in [-0.2, -0.15) is 0 Å². The largest absolute Gasteiger partial charge is 0.506 e. The van der Waals surface area contributed by atoms with Crippen molar-refractivity contribution in [3.8, 4) is 0 Å². The van der Waals surface area contributed by atoms with E-state index in [-0.39, 0.29) is 30.3 Å². The Kier molecular flexibility index (Phi) is 8.32. The molecule has 1 heterocycles. The standard InChI is InChI=1S/C18H24N2O5/c1-4-6-7-10-14(22)15(18(24)25-5-2)16(23)13-9-8-11-19-17(13)20-12(3)21/h8-9,11,23H,4-7,10H2,1-3H3,(H,19,20,21)/b16-15+. The fraction of sp³-hybridized carbons (Fsp3) is 0.444. The quantitative estimate of drug-likeness (QED) is 0.177. The van der Waals surface area contributed by atoms with Gasteiger partial charge in [0.1, 0.15) is 17.2 Å². The summed E-state index contributed by atoms with van der Waals surface area (Å²) in [7, 11) is 0. The third kappa shape index (κ3) is 6.02. The van der Waals surface area contributed by atoms with Gasteiger partial charge in [0.25, 0.3) is 0 Å². The predicted octanol–water partition coefficient (Wildman–Crippen LogP) is 3.02. The van der Waals surface area contributed by atoms with Gasteiger partial charge in [-0.05, 0) is 25.5 Å². The number of esters is 1. The van der Waals surface area contributed by atoms with Crippen molar-refractivity contribution >= 4 is 29.2 Å². The zero-order valence-corrected chi connectivity index (χ0v) is 14.8. The number of anilines is 1. The minimum absolute atomic E-state index is 0.0654. The monoisotopic (exact) mass is 348 g/mol. The average Bonchev–Trinajstić information content (AvgIpc) is 2.55. The number of nitrogens with one attached hydrogen (secondary N) is 1. The smallest absolute Gasteiger partial charge is 0.345 e. The number of aliphatic hydroxyl groups excluding tert-OH is 1. The molecule has 0 aliphatic carbocycles. The summed E-state index contributed by atoms with van der Waals surface area (Å²) in [5, 5.41) is 13.0. The lowest BCUT2D eigenvalue weighted by Gasteiger charge is -2.12. The first-order valence-corrected chi connectivity index (χ1v) is 8.28. The molecule has 1 aromatic heterocycles. The number of unbranched alkanes of at least 4 members (excludes halogenated alkanes) is 2. The Labute approximate surface area is 147 Å². The first-order valence-electron chi connectivity index (χ1n) is 8.28. The molecule has 0 saturated heterocycles. The Morgan fingerprint density at radius 3 is 2.56 bits per heavy atom. The van der Waals surface area contributed by atoms with Crippen LogP contribution in [0.2, 0.25) is 0 Å². The first-order chi connectivity index (χ1) is 11.9. The maximum absolute atomic E-state index is 12.5. The molecule has 7 heteroatoms. The van der Waals surface area contributed by atoms with E-state index < -0.39 is 23.1 Å².